The summed E-state index contributed by atoms with van der Waals surface area (Å²) in [5.74, 6) is 0.265. The maximum absolute atomic E-state index is 12.1. The molecular weight excluding hydrogens is 366 g/mol. The zero-order valence-electron chi connectivity index (χ0n) is 14.1. The Hall–Kier alpha value is -1.78. The van der Waals surface area contributed by atoms with E-state index in [-0.39, 0.29) is 16.0 Å². The molecular formula is C15H21N3O5S2. The first kappa shape index (κ1) is 19.5. The topological polar surface area (TPSA) is 119 Å². The molecule has 0 amide bonds. The third kappa shape index (κ3) is 5.91. The number of aromatic nitrogens is 2. The summed E-state index contributed by atoms with van der Waals surface area (Å²) in [6.45, 7) is 2.22. The van der Waals surface area contributed by atoms with Gasteiger partial charge in [0.2, 0.25) is 25.8 Å². The lowest BCUT2D eigenvalue weighted by Gasteiger charge is -2.06. The van der Waals surface area contributed by atoms with E-state index in [0.717, 1.165) is 18.2 Å². The molecule has 2 rings (SSSR count). The van der Waals surface area contributed by atoms with Crippen molar-refractivity contribution >= 4 is 19.9 Å². The average molecular weight is 387 g/mol. The summed E-state index contributed by atoms with van der Waals surface area (Å²) in [7, 11) is -6.97. The fraction of sp³-hybridized carbons (Fsp3) is 0.467. The monoisotopic (exact) mass is 387 g/mol. The van der Waals surface area contributed by atoms with Crippen LogP contribution in [0.15, 0.2) is 38.8 Å². The molecule has 0 aliphatic rings. The van der Waals surface area contributed by atoms with Gasteiger partial charge in [0.05, 0.1) is 4.90 Å². The Kier molecular flexibility index (Phi) is 6.31. The van der Waals surface area contributed by atoms with E-state index in [2.05, 4.69) is 14.9 Å². The van der Waals surface area contributed by atoms with Crippen LogP contribution in [0.3, 0.4) is 0 Å². The summed E-state index contributed by atoms with van der Waals surface area (Å²) in [6, 6.07) is 6.66. The molecule has 0 aliphatic heterocycles. The second kappa shape index (κ2) is 8.07. The molecule has 1 aromatic carbocycles. The third-order valence-electron chi connectivity index (χ3n) is 3.46. The Labute approximate surface area is 147 Å². The largest absolute Gasteiger partial charge is 0.413 e. The van der Waals surface area contributed by atoms with Gasteiger partial charge >= 0.3 is 5.22 Å². The highest BCUT2D eigenvalue weighted by Crippen LogP contribution is 2.11. The van der Waals surface area contributed by atoms with Crippen molar-refractivity contribution in [1.82, 2.24) is 14.9 Å². The molecule has 0 radical (unpaired) electrons. The minimum absolute atomic E-state index is 0.247. The van der Waals surface area contributed by atoms with Gasteiger partial charge in [0.15, 0.2) is 0 Å². The minimum atomic E-state index is -3.49. The van der Waals surface area contributed by atoms with E-state index in [4.69, 9.17) is 4.42 Å². The number of sulfone groups is 1. The van der Waals surface area contributed by atoms with Crippen LogP contribution in [0.4, 0.5) is 0 Å². The van der Waals surface area contributed by atoms with Gasteiger partial charge in [-0.05, 0) is 31.9 Å². The van der Waals surface area contributed by atoms with Gasteiger partial charge < -0.3 is 4.42 Å². The van der Waals surface area contributed by atoms with Gasteiger partial charge in [-0.1, -0.05) is 29.2 Å². The lowest BCUT2D eigenvalue weighted by molar-refractivity contribution is 0.392. The molecule has 25 heavy (non-hydrogen) atoms. The van der Waals surface area contributed by atoms with Crippen molar-refractivity contribution in [3.63, 3.8) is 0 Å². The van der Waals surface area contributed by atoms with Crippen LogP contribution in [0.5, 0.6) is 0 Å². The highest BCUT2D eigenvalue weighted by Gasteiger charge is 2.16. The van der Waals surface area contributed by atoms with Crippen LogP contribution in [0, 0.1) is 6.92 Å². The van der Waals surface area contributed by atoms with Crippen LogP contribution < -0.4 is 4.72 Å². The van der Waals surface area contributed by atoms with E-state index in [1.165, 1.54) is 0 Å². The van der Waals surface area contributed by atoms with E-state index in [9.17, 15) is 16.8 Å². The van der Waals surface area contributed by atoms with Crippen molar-refractivity contribution in [1.29, 1.82) is 0 Å². The van der Waals surface area contributed by atoms with Crippen molar-refractivity contribution in [2.24, 2.45) is 0 Å². The van der Waals surface area contributed by atoms with Gasteiger partial charge in [0, 0.05) is 19.2 Å². The first-order valence-electron chi connectivity index (χ1n) is 7.77. The molecule has 0 unspecified atom stereocenters. The van der Waals surface area contributed by atoms with Gasteiger partial charge in [-0.15, -0.1) is 5.10 Å². The molecule has 1 heterocycles. The number of sulfonamides is 1. The second-order valence-corrected chi connectivity index (χ2v) is 9.42. The number of nitrogens with zero attached hydrogens (tertiary/aromatic N) is 2. The molecule has 1 N–H and O–H groups in total. The Morgan fingerprint density at radius 3 is 2.28 bits per heavy atom. The third-order valence-corrected chi connectivity index (χ3v) is 5.73. The minimum Gasteiger partial charge on any atom is -0.413 e. The number of benzene rings is 1. The molecule has 0 saturated heterocycles. The molecule has 10 heteroatoms. The number of unbranched alkanes of at least 4 members (excludes halogenated alkanes) is 2. The fourth-order valence-electron chi connectivity index (χ4n) is 2.07. The normalized spacial score (nSPS) is 12.4. The zero-order valence-corrected chi connectivity index (χ0v) is 15.7. The Balaban J connectivity index is 1.71. The van der Waals surface area contributed by atoms with Gasteiger partial charge in [-0.3, -0.25) is 0 Å². The zero-order chi connectivity index (χ0) is 18.5. The van der Waals surface area contributed by atoms with Crippen molar-refractivity contribution in [2.75, 3.05) is 12.8 Å². The van der Waals surface area contributed by atoms with Gasteiger partial charge in [0.25, 0.3) is 0 Å². The van der Waals surface area contributed by atoms with Crippen molar-refractivity contribution < 1.29 is 21.3 Å². The molecule has 0 saturated carbocycles. The van der Waals surface area contributed by atoms with Crippen LogP contribution in [-0.2, 0) is 26.3 Å². The maximum atomic E-state index is 12.1. The predicted octanol–water partition coefficient (Wildman–Crippen LogP) is 1.47. The fourth-order valence-corrected chi connectivity index (χ4v) is 3.59. The summed E-state index contributed by atoms with van der Waals surface area (Å²) in [4.78, 5) is 0.247. The molecule has 138 valence electrons. The number of hydrogen-bond donors (Lipinski definition) is 1. The van der Waals surface area contributed by atoms with E-state index in [1.807, 2.05) is 6.92 Å². The van der Waals surface area contributed by atoms with E-state index < -0.39 is 19.9 Å². The first-order chi connectivity index (χ1) is 11.7. The quantitative estimate of drug-likeness (QED) is 0.647. The Bertz CT molecular complexity index is 903. The van der Waals surface area contributed by atoms with Gasteiger partial charge in [0.1, 0.15) is 0 Å². The molecule has 8 nitrogen and oxygen atoms in total. The van der Waals surface area contributed by atoms with Crippen LogP contribution in [-0.4, -0.2) is 39.8 Å². The Morgan fingerprint density at radius 1 is 1.00 bits per heavy atom. The molecule has 0 fully saturated rings. The maximum Gasteiger partial charge on any atom is 0.335 e. The second-order valence-electron chi connectivity index (χ2n) is 5.76. The van der Waals surface area contributed by atoms with Crippen molar-refractivity contribution in [3.05, 3.63) is 35.7 Å². The molecule has 1 aromatic heterocycles. The Morgan fingerprint density at radius 2 is 1.68 bits per heavy atom. The highest BCUT2D eigenvalue weighted by atomic mass is 32.2. The van der Waals surface area contributed by atoms with Crippen LogP contribution >= 0.6 is 0 Å². The van der Waals surface area contributed by atoms with Crippen LogP contribution in [0.25, 0.3) is 0 Å². The molecule has 0 spiro atoms. The van der Waals surface area contributed by atoms with Crippen LogP contribution in [0.2, 0.25) is 0 Å². The van der Waals surface area contributed by atoms with E-state index >= 15 is 0 Å². The average Bonchev–Trinajstić information content (AvgIpc) is 3.00. The van der Waals surface area contributed by atoms with E-state index in [0.29, 0.717) is 25.8 Å². The first-order valence-corrected chi connectivity index (χ1v) is 11.1. The number of aryl methyl sites for hydroxylation is 2. The van der Waals surface area contributed by atoms with Crippen molar-refractivity contribution in [2.45, 2.75) is 42.7 Å². The summed E-state index contributed by atoms with van der Waals surface area (Å²) in [5.41, 5.74) is 0.999. The van der Waals surface area contributed by atoms with Crippen LogP contribution in [0.1, 0.15) is 30.7 Å². The lowest BCUT2D eigenvalue weighted by Crippen LogP contribution is -2.24. The van der Waals surface area contributed by atoms with Crippen molar-refractivity contribution in [3.8, 4) is 0 Å². The summed E-state index contributed by atoms with van der Waals surface area (Å²) >= 11 is 0. The van der Waals surface area contributed by atoms with Gasteiger partial charge in [-0.25, -0.2) is 21.6 Å². The standard InChI is InChI=1S/C15H21N3O5S2/c1-12-7-9-13(10-8-12)25(21,22)16-11-5-3-4-6-14-17-18-15(23-14)24(2,19)20/h7-10,16H,3-6,11H2,1-2H3. The lowest BCUT2D eigenvalue weighted by atomic mass is 10.2. The smallest absolute Gasteiger partial charge is 0.335 e. The summed E-state index contributed by atoms with van der Waals surface area (Å²) in [5, 5.41) is 6.78. The van der Waals surface area contributed by atoms with E-state index in [1.54, 1.807) is 24.3 Å². The predicted molar refractivity (Wildman–Crippen MR) is 91.3 cm³/mol. The molecule has 0 atom stereocenters. The highest BCUT2D eigenvalue weighted by molar-refractivity contribution is 7.90. The molecule has 0 aliphatic carbocycles. The summed E-state index contributed by atoms with van der Waals surface area (Å²) < 4.78 is 54.3. The SMILES string of the molecule is Cc1ccc(S(=O)(=O)NCCCCCc2nnc(S(C)(=O)=O)o2)cc1. The number of nitrogens with one attached hydrogen (secondary N) is 1. The summed E-state index contributed by atoms with van der Waals surface area (Å²) in [6.07, 6.45) is 3.54. The molecule has 0 bridgehead atoms. The number of rotatable bonds is 9. The number of hydrogen-bond acceptors (Lipinski definition) is 7. The van der Waals surface area contributed by atoms with Gasteiger partial charge in [-0.2, -0.15) is 0 Å². The molecule has 2 aromatic rings.